The number of anilines is 2. The maximum atomic E-state index is 13.8. The molecule has 0 spiro atoms. The van der Waals surface area contributed by atoms with Gasteiger partial charge < -0.3 is 46.2 Å². The van der Waals surface area contributed by atoms with Crippen molar-refractivity contribution in [1.29, 1.82) is 5.26 Å². The molecule has 2 amide bonds. The van der Waals surface area contributed by atoms with Crippen LogP contribution in [-0.2, 0) is 19.2 Å². The summed E-state index contributed by atoms with van der Waals surface area (Å²) in [6, 6.07) is 6.83. The molecule has 1 aromatic heterocycles. The van der Waals surface area contributed by atoms with E-state index in [1.807, 2.05) is 0 Å². The number of halogens is 2. The number of ether oxygens (including phenoxy) is 1. The van der Waals surface area contributed by atoms with Gasteiger partial charge in [-0.1, -0.05) is 6.42 Å². The fourth-order valence-electron chi connectivity index (χ4n) is 8.36. The minimum Gasteiger partial charge on any atom is -0.494 e. The second kappa shape index (κ2) is 23.2. The second-order valence-corrected chi connectivity index (χ2v) is 16.7. The van der Waals surface area contributed by atoms with Gasteiger partial charge >= 0.3 is 17.9 Å². The first kappa shape index (κ1) is 50.6. The Bertz CT molecular complexity index is 2310. The summed E-state index contributed by atoms with van der Waals surface area (Å²) in [5, 5.41) is 49.9. The van der Waals surface area contributed by atoms with Crippen molar-refractivity contribution in [2.45, 2.75) is 56.0 Å². The van der Waals surface area contributed by atoms with Gasteiger partial charge in [-0.2, -0.15) is 5.26 Å². The van der Waals surface area contributed by atoms with E-state index in [2.05, 4.69) is 26.3 Å². The van der Waals surface area contributed by atoms with E-state index >= 15 is 0 Å². The number of aromatic nitrogens is 1. The van der Waals surface area contributed by atoms with Gasteiger partial charge in [-0.3, -0.25) is 53.2 Å². The predicted molar refractivity (Wildman–Crippen MR) is 236 cm³/mol. The highest BCUT2D eigenvalue weighted by Crippen LogP contribution is 2.32. The molecule has 0 aliphatic carbocycles. The number of benzene rings is 1. The zero-order chi connectivity index (χ0) is 48.0. The third kappa shape index (κ3) is 13.8. The summed E-state index contributed by atoms with van der Waals surface area (Å²) in [5.41, 5.74) is -1.00. The minimum absolute atomic E-state index is 0.180. The van der Waals surface area contributed by atoms with Crippen LogP contribution < -0.4 is 36.9 Å². The highest BCUT2D eigenvalue weighted by atomic mass is 19.3. The zero-order valence-electron chi connectivity index (χ0n) is 36.7. The number of hydrogen-bond acceptors (Lipinski definition) is 16. The first-order valence-corrected chi connectivity index (χ1v) is 21.6. The number of rotatable bonds is 26. The molecule has 0 radical (unpaired) electrons. The molecule has 2 saturated heterocycles. The lowest BCUT2D eigenvalue weighted by atomic mass is 9.89. The van der Waals surface area contributed by atoms with Gasteiger partial charge in [0.05, 0.1) is 56.5 Å². The fourth-order valence-corrected chi connectivity index (χ4v) is 8.36. The number of carboxylic acid groups (broad SMARTS) is 3. The first-order valence-electron chi connectivity index (χ1n) is 21.6. The summed E-state index contributed by atoms with van der Waals surface area (Å²) >= 11 is 0. The first-order chi connectivity index (χ1) is 31.4. The van der Waals surface area contributed by atoms with Gasteiger partial charge in [0.2, 0.25) is 5.91 Å². The molecular formula is C43H56F2N10O11. The number of pyridine rings is 1. The number of carbonyl (C=O) groups excluding carboxylic acids is 2. The molecule has 2 aliphatic rings. The molecule has 5 rings (SSSR count). The number of carbonyl (C=O) groups is 5. The van der Waals surface area contributed by atoms with Gasteiger partial charge in [0.15, 0.2) is 0 Å². The summed E-state index contributed by atoms with van der Waals surface area (Å²) < 4.78 is 33.5. The van der Waals surface area contributed by atoms with Crippen LogP contribution in [0.1, 0.15) is 48.9 Å². The van der Waals surface area contributed by atoms with E-state index in [1.54, 1.807) is 46.0 Å². The average molecular weight is 927 g/mol. The van der Waals surface area contributed by atoms with Gasteiger partial charge in [0.25, 0.3) is 22.7 Å². The van der Waals surface area contributed by atoms with Crippen LogP contribution in [0.4, 0.5) is 20.2 Å². The largest absolute Gasteiger partial charge is 0.494 e. The molecule has 358 valence electrons. The van der Waals surface area contributed by atoms with Crippen LogP contribution in [0.25, 0.3) is 10.9 Å². The van der Waals surface area contributed by atoms with Crippen LogP contribution in [0, 0.1) is 11.3 Å². The molecule has 2 aromatic carbocycles. The number of nitrogens with one attached hydrogen (secondary N) is 4. The molecule has 3 aromatic rings. The van der Waals surface area contributed by atoms with Gasteiger partial charge in [-0.15, -0.1) is 0 Å². The van der Waals surface area contributed by atoms with Crippen molar-refractivity contribution in [3.05, 3.63) is 56.5 Å². The summed E-state index contributed by atoms with van der Waals surface area (Å²) in [7, 11) is 1.66. The molecule has 2 aliphatic heterocycles. The number of aliphatic carboxylic acids is 3. The van der Waals surface area contributed by atoms with E-state index in [0.29, 0.717) is 88.0 Å². The summed E-state index contributed by atoms with van der Waals surface area (Å²) in [4.78, 5) is 95.4. The predicted octanol–water partition coefficient (Wildman–Crippen LogP) is 0.305. The highest BCUT2D eigenvalue weighted by Gasteiger charge is 2.47. The van der Waals surface area contributed by atoms with Crippen LogP contribution in [-0.4, -0.2) is 186 Å². The van der Waals surface area contributed by atoms with Crippen molar-refractivity contribution < 1.29 is 52.8 Å². The van der Waals surface area contributed by atoms with E-state index in [-0.39, 0.29) is 56.3 Å². The molecule has 21 nitrogen and oxygen atoms in total. The Morgan fingerprint density at radius 3 is 2.17 bits per heavy atom. The van der Waals surface area contributed by atoms with E-state index < -0.39 is 77.6 Å². The average Bonchev–Trinajstić information content (AvgIpc) is 3.49. The Morgan fingerprint density at radius 1 is 0.879 bits per heavy atom. The minimum atomic E-state index is -3.18. The van der Waals surface area contributed by atoms with E-state index in [9.17, 15) is 62.9 Å². The molecular weight excluding hydrogens is 871 g/mol. The van der Waals surface area contributed by atoms with Crippen molar-refractivity contribution in [2.75, 3.05) is 109 Å². The number of amides is 2. The molecule has 2 fully saturated rings. The normalized spacial score (nSPS) is 17.3. The molecule has 0 bridgehead atoms. The van der Waals surface area contributed by atoms with E-state index in [4.69, 9.17) is 4.74 Å². The third-order valence-corrected chi connectivity index (χ3v) is 11.7. The van der Waals surface area contributed by atoms with Crippen LogP contribution in [0.2, 0.25) is 0 Å². The number of likely N-dealkylation sites (tertiary alicyclic amines) is 1. The monoisotopic (exact) mass is 926 g/mol. The van der Waals surface area contributed by atoms with Crippen LogP contribution in [0.15, 0.2) is 40.1 Å². The lowest BCUT2D eigenvalue weighted by Gasteiger charge is -2.44. The van der Waals surface area contributed by atoms with Crippen LogP contribution in [0.5, 0.6) is 5.75 Å². The highest BCUT2D eigenvalue weighted by molar-refractivity contribution is 6.07. The molecule has 3 heterocycles. The quantitative estimate of drug-likeness (QED) is 0.0421. The number of alkyl halides is 2. The summed E-state index contributed by atoms with van der Waals surface area (Å²) in [6.45, 7) is 0.915. The number of nitrogens with zero attached hydrogens (tertiary/aromatic N) is 6. The number of fused-ring (bicyclic) bond motifs is 1. The molecule has 23 heteroatoms. The van der Waals surface area contributed by atoms with E-state index in [1.165, 1.54) is 12.3 Å². The third-order valence-electron chi connectivity index (χ3n) is 11.7. The van der Waals surface area contributed by atoms with Gasteiger partial charge in [0, 0.05) is 69.4 Å². The smallest absolute Gasteiger partial charge is 0.317 e. The lowest BCUT2D eigenvalue weighted by Crippen LogP contribution is -2.59. The van der Waals surface area contributed by atoms with Crippen LogP contribution >= 0.6 is 0 Å². The zero-order valence-corrected chi connectivity index (χ0v) is 36.7. The Morgan fingerprint density at radius 2 is 1.53 bits per heavy atom. The molecule has 66 heavy (non-hydrogen) atoms. The second-order valence-electron chi connectivity index (χ2n) is 16.7. The Balaban J connectivity index is 1.02. The molecule has 0 saturated carbocycles. The fraction of sp³-hybridized carbons (Fsp3) is 0.558. The Hall–Kier alpha value is -6.35. The number of carboxylic acids is 3. The van der Waals surface area contributed by atoms with E-state index in [0.717, 1.165) is 4.90 Å². The number of nitriles is 1. The van der Waals surface area contributed by atoms with Crippen molar-refractivity contribution in [2.24, 2.45) is 0 Å². The van der Waals surface area contributed by atoms with Crippen molar-refractivity contribution >= 4 is 52.0 Å². The number of hydrogen-bond donors (Lipinski definition) is 7. The standard InChI is InChI=1S/C43H56F2N10O11/c1-52(22-34(57)58)42(25-53(23-35(59)60)15-16-54(26-42)24-36(61)62)9-2-3-10-47-13-14-50-38-37(39(63)40(38)64)49-11-4-5-17-66-29-6-7-32-31(18-29)30(8-12-48-32)41(65)51-21-33(56)55-27-43(44,45)19-28(55)20-46/h6-8,12,18,28,47,49-50H,2-5,9-11,13-17,19,21-27H2,1H3,(H,51,65)(H,57,58)(H,59,60)(H,61,62)/t28-/m0/s1. The summed E-state index contributed by atoms with van der Waals surface area (Å²) in [6.07, 6.45) is 3.60. The molecule has 0 unspecified atom stereocenters. The molecule has 1 atom stereocenters. The number of likely N-dealkylation sites (N-methyl/N-ethyl adjacent to an activating group) is 1. The molecule has 7 N–H and O–H groups in total. The Kier molecular flexibility index (Phi) is 17.8. The van der Waals surface area contributed by atoms with Crippen molar-refractivity contribution in [1.82, 2.24) is 35.2 Å². The Labute approximate surface area is 378 Å². The van der Waals surface area contributed by atoms with Gasteiger partial charge in [0.1, 0.15) is 23.2 Å². The van der Waals surface area contributed by atoms with Crippen molar-refractivity contribution in [3.8, 4) is 11.8 Å². The van der Waals surface area contributed by atoms with Crippen molar-refractivity contribution in [3.63, 3.8) is 0 Å². The SMILES string of the molecule is CN(CC(=O)O)C1(CCCCNCCNc2c(NCCCCOc3ccc4nccc(C(=O)NCC(=O)N5CC(F)(F)C[C@H]5C#N)c4c3)c(=O)c2=O)CN(CC(=O)O)CCN(CC(=O)O)C1. The van der Waals surface area contributed by atoms with Crippen LogP contribution in [0.3, 0.4) is 0 Å². The van der Waals surface area contributed by atoms with Gasteiger partial charge in [-0.05, 0) is 63.5 Å². The maximum Gasteiger partial charge on any atom is 0.317 e. The maximum absolute atomic E-state index is 13.8. The lowest BCUT2D eigenvalue weighted by molar-refractivity contribution is -0.142. The topological polar surface area (TPSA) is 287 Å². The summed E-state index contributed by atoms with van der Waals surface area (Å²) in [5.74, 6) is -7.30. The number of unbranched alkanes of at least 4 members (excludes halogenated alkanes) is 2. The van der Waals surface area contributed by atoms with Gasteiger partial charge in [-0.25, -0.2) is 8.78 Å².